The van der Waals surface area contributed by atoms with Crippen molar-refractivity contribution in [2.45, 2.75) is 12.4 Å². The Bertz CT molecular complexity index is 1140. The third-order valence-electron chi connectivity index (χ3n) is 4.75. The number of hydrogen-bond donors (Lipinski definition) is 0. The molecule has 13 heteroatoms. The fourth-order valence-corrected chi connectivity index (χ4v) is 4.67. The van der Waals surface area contributed by atoms with Crippen molar-refractivity contribution in [3.63, 3.8) is 0 Å². The molecule has 0 radical (unpaired) electrons. The zero-order chi connectivity index (χ0) is 22.2. The summed E-state index contributed by atoms with van der Waals surface area (Å²) in [6.45, 7) is -4.46. The molecule has 0 unspecified atom stereocenters. The average Bonchev–Trinajstić information content (AvgIpc) is 3.18. The number of aromatic nitrogens is 1. The number of fused-ring (bicyclic) bond motifs is 2. The zero-order valence-corrected chi connectivity index (χ0v) is 17.5. The van der Waals surface area contributed by atoms with Crippen molar-refractivity contribution in [3.8, 4) is 0 Å². The maximum Gasteiger partial charge on any atom is 0.738 e. The van der Waals surface area contributed by atoms with Gasteiger partial charge in [-0.15, -0.1) is 0 Å². The Balaban J connectivity index is 2.10. The van der Waals surface area contributed by atoms with Gasteiger partial charge in [0.1, 0.15) is 0 Å². The second-order valence-electron chi connectivity index (χ2n) is 6.58. The van der Waals surface area contributed by atoms with Crippen molar-refractivity contribution in [2.75, 3.05) is 0 Å². The highest BCUT2D eigenvalue weighted by molar-refractivity contribution is 9.18. The van der Waals surface area contributed by atoms with Crippen molar-refractivity contribution in [3.05, 3.63) is 75.2 Å². The maximum absolute atomic E-state index is 15.2. The summed E-state index contributed by atoms with van der Waals surface area (Å²) >= 11 is 5.96. The molecule has 0 atom stereocenters. The van der Waals surface area contributed by atoms with Crippen LogP contribution in [0.15, 0.2) is 52.8 Å². The predicted molar refractivity (Wildman–Crippen MR) is 101 cm³/mol. The number of hydrogen-bond acceptors (Lipinski definition) is 0. The van der Waals surface area contributed by atoms with Gasteiger partial charge in [0.05, 0.1) is 21.3 Å². The highest BCUT2D eigenvalue weighted by atomic mass is 79.9. The second kappa shape index (κ2) is 6.55. The molecule has 0 N–H and O–H groups in total. The predicted octanol–water partition coefficient (Wildman–Crippen LogP) is 6.66. The van der Waals surface area contributed by atoms with Gasteiger partial charge in [-0.3, -0.25) is 0 Å². The van der Waals surface area contributed by atoms with Crippen LogP contribution >= 0.6 is 31.9 Å². The second-order valence-corrected chi connectivity index (χ2v) is 8.21. The van der Waals surface area contributed by atoms with Crippen LogP contribution in [0.4, 0.5) is 35.0 Å². The van der Waals surface area contributed by atoms with E-state index in [9.17, 15) is 26.3 Å². The lowest BCUT2D eigenvalue weighted by Gasteiger charge is -2.32. The molecular weight excluding hydrogens is 555 g/mol. The van der Waals surface area contributed by atoms with E-state index < -0.39 is 36.0 Å². The van der Waals surface area contributed by atoms with Crippen LogP contribution in [0, 0.1) is 0 Å². The first-order valence-corrected chi connectivity index (χ1v) is 9.75. The van der Waals surface area contributed by atoms with Gasteiger partial charge in [-0.05, 0) is 51.8 Å². The molecule has 2 aromatic rings. The Hall–Kier alpha value is -1.89. The summed E-state index contributed by atoms with van der Waals surface area (Å²) in [5.41, 5.74) is -4.15. The molecule has 1 aromatic heterocycles. The smallest absolute Gasteiger partial charge is 0.389 e. The SMILES string of the molecule is F[B-]1(F)n2c(Br)ccc2C(c2cc(C(F)(F)F)cc(C(F)(F)F)c2)=C2C=CC(Br)=[N+]21. The van der Waals surface area contributed by atoms with E-state index in [-0.39, 0.29) is 32.3 Å². The van der Waals surface area contributed by atoms with Gasteiger partial charge in [-0.2, -0.15) is 26.3 Å². The summed E-state index contributed by atoms with van der Waals surface area (Å²) in [6, 6.07) is 3.51. The van der Waals surface area contributed by atoms with Crippen LogP contribution in [-0.4, -0.2) is 20.6 Å². The Morgan fingerprint density at radius 3 is 1.93 bits per heavy atom. The zero-order valence-electron chi connectivity index (χ0n) is 14.3. The molecule has 3 heterocycles. The first kappa shape index (κ1) is 21.4. The lowest BCUT2D eigenvalue weighted by molar-refractivity contribution is -0.358. The van der Waals surface area contributed by atoms with E-state index in [0.29, 0.717) is 21.1 Å². The summed E-state index contributed by atoms with van der Waals surface area (Å²) in [5, 5.41) is 0. The quantitative estimate of drug-likeness (QED) is 0.272. The highest BCUT2D eigenvalue weighted by Gasteiger charge is 2.54. The van der Waals surface area contributed by atoms with Crippen molar-refractivity contribution in [2.24, 2.45) is 0 Å². The molecule has 158 valence electrons. The van der Waals surface area contributed by atoms with E-state index >= 15 is 8.63 Å². The molecule has 0 spiro atoms. The van der Waals surface area contributed by atoms with Gasteiger partial charge >= 0.3 is 19.3 Å². The van der Waals surface area contributed by atoms with Gasteiger partial charge in [-0.1, -0.05) is 0 Å². The van der Waals surface area contributed by atoms with E-state index in [1.165, 1.54) is 24.3 Å². The largest absolute Gasteiger partial charge is 0.738 e. The number of rotatable bonds is 1. The van der Waals surface area contributed by atoms with Crippen LogP contribution in [0.1, 0.15) is 22.4 Å². The normalized spacial score (nSPS) is 18.2. The molecule has 0 amide bonds. The molecule has 2 aliphatic heterocycles. The van der Waals surface area contributed by atoms with Crippen LogP contribution in [0.2, 0.25) is 0 Å². The Morgan fingerprint density at radius 1 is 0.833 bits per heavy atom. The van der Waals surface area contributed by atoms with E-state index in [4.69, 9.17) is 0 Å². The van der Waals surface area contributed by atoms with E-state index in [2.05, 4.69) is 31.9 Å². The molecule has 0 aliphatic carbocycles. The van der Waals surface area contributed by atoms with Gasteiger partial charge in [0.25, 0.3) is 0 Å². The highest BCUT2D eigenvalue weighted by Crippen LogP contribution is 2.44. The Labute approximate surface area is 180 Å². The van der Waals surface area contributed by atoms with E-state index in [1.54, 1.807) is 0 Å². The van der Waals surface area contributed by atoms with Crippen molar-refractivity contribution >= 4 is 49.0 Å². The topological polar surface area (TPSA) is 7.94 Å². The molecule has 30 heavy (non-hydrogen) atoms. The summed E-state index contributed by atoms with van der Waals surface area (Å²) in [4.78, 5) is 0. The molecule has 0 fully saturated rings. The standard InChI is InChI=1S/C17H7BBr2F8N2/c19-13-3-1-11-15(12-2-4-14(20)30(12)18(27,28)29(11)13)8-5-9(16(21,22)23)7-10(6-8)17(24,25)26/h1-7H. The minimum absolute atomic E-state index is 0.00461. The third kappa shape index (κ3) is 3.17. The van der Waals surface area contributed by atoms with E-state index in [0.717, 1.165) is 0 Å². The monoisotopic (exact) mass is 560 g/mol. The maximum atomic E-state index is 15.2. The van der Waals surface area contributed by atoms with Crippen LogP contribution in [0.3, 0.4) is 0 Å². The molecule has 0 saturated heterocycles. The van der Waals surface area contributed by atoms with Crippen LogP contribution in [0.5, 0.6) is 0 Å². The van der Waals surface area contributed by atoms with Gasteiger partial charge in [-0.25, -0.2) is 0 Å². The Morgan fingerprint density at radius 2 is 1.40 bits per heavy atom. The third-order valence-corrected chi connectivity index (χ3v) is 6.04. The van der Waals surface area contributed by atoms with Crippen molar-refractivity contribution in [1.29, 1.82) is 0 Å². The summed E-state index contributed by atoms with van der Waals surface area (Å²) in [5.74, 6) is 0. The first-order chi connectivity index (χ1) is 13.7. The van der Waals surface area contributed by atoms with Gasteiger partial charge in [0.15, 0.2) is 5.70 Å². The Kier molecular flexibility index (Phi) is 4.66. The molecular formula is C17H7BBr2F8N2. The molecule has 0 saturated carbocycles. The van der Waals surface area contributed by atoms with Crippen molar-refractivity contribution < 1.29 is 39.5 Å². The van der Waals surface area contributed by atoms with Gasteiger partial charge in [0.2, 0.25) is 4.62 Å². The number of halogens is 10. The summed E-state index contributed by atoms with van der Waals surface area (Å²) < 4.78 is 111. The fourth-order valence-electron chi connectivity index (χ4n) is 3.53. The van der Waals surface area contributed by atoms with Gasteiger partial charge in [0, 0.05) is 33.8 Å². The minimum atomic E-state index is -5.07. The van der Waals surface area contributed by atoms with Crippen LogP contribution in [0.25, 0.3) is 5.57 Å². The molecule has 0 bridgehead atoms. The fraction of sp³-hybridized carbons (Fsp3) is 0.118. The van der Waals surface area contributed by atoms with Crippen LogP contribution < -0.4 is 0 Å². The van der Waals surface area contributed by atoms with E-state index in [1.807, 2.05) is 0 Å². The molecule has 2 aliphatic rings. The first-order valence-electron chi connectivity index (χ1n) is 8.16. The number of alkyl halides is 6. The van der Waals surface area contributed by atoms with Crippen molar-refractivity contribution in [1.82, 2.24) is 4.48 Å². The lowest BCUT2D eigenvalue weighted by Crippen LogP contribution is -2.50. The summed E-state index contributed by atoms with van der Waals surface area (Å²) in [7, 11) is 0. The molecule has 2 nitrogen and oxygen atoms in total. The lowest BCUT2D eigenvalue weighted by atomic mass is 9.85. The van der Waals surface area contributed by atoms with Gasteiger partial charge < -0.3 is 17.6 Å². The minimum Gasteiger partial charge on any atom is -0.389 e. The molecule has 1 aromatic carbocycles. The number of benzene rings is 1. The average molecular weight is 562 g/mol. The van der Waals surface area contributed by atoms with Crippen LogP contribution in [-0.2, 0) is 12.4 Å². The number of nitrogens with zero attached hydrogens (tertiary/aromatic N) is 2. The summed E-state index contributed by atoms with van der Waals surface area (Å²) in [6.07, 6.45) is -7.66. The molecule has 4 rings (SSSR count). The number of allylic oxidation sites excluding steroid dienone is 2.